The van der Waals surface area contributed by atoms with Crippen molar-refractivity contribution in [1.29, 1.82) is 0 Å². The number of aromatic nitrogens is 2. The highest BCUT2D eigenvalue weighted by molar-refractivity contribution is 5.35. The maximum atomic E-state index is 4.21. The highest BCUT2D eigenvalue weighted by atomic mass is 15.3. The minimum atomic E-state index is 0.917. The Kier molecular flexibility index (Phi) is 2.92. The fourth-order valence-corrected chi connectivity index (χ4v) is 1.95. The Morgan fingerprint density at radius 3 is 2.56 bits per heavy atom. The number of rotatable bonds is 3. The summed E-state index contributed by atoms with van der Waals surface area (Å²) < 4.78 is 1.86. The zero-order valence-corrected chi connectivity index (χ0v) is 9.95. The molecule has 0 fully saturated rings. The summed E-state index contributed by atoms with van der Waals surface area (Å²) in [4.78, 5) is 0. The fourth-order valence-electron chi connectivity index (χ4n) is 1.95. The van der Waals surface area contributed by atoms with E-state index in [4.69, 9.17) is 0 Å². The van der Waals surface area contributed by atoms with Gasteiger partial charge in [-0.25, -0.2) is 4.68 Å². The van der Waals surface area contributed by atoms with Gasteiger partial charge in [-0.3, -0.25) is 0 Å². The molecule has 0 bridgehead atoms. The average molecular weight is 233 g/mol. The molecular formula is C16H13N2. The molecule has 0 aliphatic heterocycles. The fraction of sp³-hybridized carbons (Fsp3) is 0.0625. The summed E-state index contributed by atoms with van der Waals surface area (Å²) in [7, 11) is 0. The SMILES string of the molecule is [c]1ccccc1Cc1ccc(-n2cccn2)cc1. The lowest BCUT2D eigenvalue weighted by atomic mass is 10.1. The normalized spacial score (nSPS) is 10.4. The molecule has 18 heavy (non-hydrogen) atoms. The van der Waals surface area contributed by atoms with Crippen LogP contribution in [-0.2, 0) is 6.42 Å². The van der Waals surface area contributed by atoms with Gasteiger partial charge in [0.2, 0.25) is 0 Å². The van der Waals surface area contributed by atoms with E-state index in [2.05, 4.69) is 41.5 Å². The lowest BCUT2D eigenvalue weighted by molar-refractivity contribution is 0.879. The van der Waals surface area contributed by atoms with Gasteiger partial charge < -0.3 is 0 Å². The molecule has 3 aromatic rings. The first-order chi connectivity index (χ1) is 8.92. The van der Waals surface area contributed by atoms with Crippen molar-refractivity contribution in [3.8, 4) is 5.69 Å². The third-order valence-electron chi connectivity index (χ3n) is 2.87. The maximum absolute atomic E-state index is 4.21. The van der Waals surface area contributed by atoms with Crippen molar-refractivity contribution in [3.05, 3.63) is 84.2 Å². The van der Waals surface area contributed by atoms with Crippen molar-refractivity contribution < 1.29 is 0 Å². The van der Waals surface area contributed by atoms with Gasteiger partial charge in [-0.2, -0.15) is 5.10 Å². The molecule has 2 aromatic carbocycles. The molecule has 0 aliphatic carbocycles. The molecule has 0 aliphatic rings. The van der Waals surface area contributed by atoms with Gasteiger partial charge in [0.1, 0.15) is 0 Å². The van der Waals surface area contributed by atoms with Gasteiger partial charge in [0.15, 0.2) is 0 Å². The Hall–Kier alpha value is -2.35. The van der Waals surface area contributed by atoms with E-state index in [0.717, 1.165) is 12.1 Å². The second kappa shape index (κ2) is 4.88. The van der Waals surface area contributed by atoms with E-state index in [9.17, 15) is 0 Å². The molecule has 0 N–H and O–H groups in total. The summed E-state index contributed by atoms with van der Waals surface area (Å²) in [5.74, 6) is 0. The van der Waals surface area contributed by atoms with Gasteiger partial charge in [0.25, 0.3) is 0 Å². The summed E-state index contributed by atoms with van der Waals surface area (Å²) in [5.41, 5.74) is 3.58. The third kappa shape index (κ3) is 2.33. The largest absolute Gasteiger partial charge is 0.241 e. The molecule has 2 nitrogen and oxygen atoms in total. The molecule has 1 heterocycles. The van der Waals surface area contributed by atoms with E-state index < -0.39 is 0 Å². The van der Waals surface area contributed by atoms with Gasteiger partial charge >= 0.3 is 0 Å². The first-order valence-corrected chi connectivity index (χ1v) is 5.96. The number of benzene rings is 2. The minimum Gasteiger partial charge on any atom is -0.241 e. The smallest absolute Gasteiger partial charge is 0.0645 e. The van der Waals surface area contributed by atoms with Crippen LogP contribution >= 0.6 is 0 Å². The molecule has 0 saturated carbocycles. The van der Waals surface area contributed by atoms with Crippen LogP contribution in [-0.4, -0.2) is 9.78 Å². The molecule has 3 rings (SSSR count). The van der Waals surface area contributed by atoms with Crippen molar-refractivity contribution in [2.24, 2.45) is 0 Å². The molecule has 2 heteroatoms. The minimum absolute atomic E-state index is 0.917. The monoisotopic (exact) mass is 233 g/mol. The average Bonchev–Trinajstić information content (AvgIpc) is 2.95. The van der Waals surface area contributed by atoms with Crippen molar-refractivity contribution in [1.82, 2.24) is 9.78 Å². The standard InChI is InChI=1S/C16H13N2/c1-2-5-14(6-3-1)13-15-7-9-16(10-8-15)18-12-4-11-17-18/h1-5,7-12H,13H2. The molecule has 0 saturated heterocycles. The summed E-state index contributed by atoms with van der Waals surface area (Å²) in [6.07, 6.45) is 4.65. The van der Waals surface area contributed by atoms with Crippen LogP contribution in [0.5, 0.6) is 0 Å². The highest BCUT2D eigenvalue weighted by Crippen LogP contribution is 2.12. The van der Waals surface area contributed by atoms with E-state index in [0.29, 0.717) is 0 Å². The number of nitrogens with zero attached hydrogens (tertiary/aromatic N) is 2. The van der Waals surface area contributed by atoms with E-state index >= 15 is 0 Å². The topological polar surface area (TPSA) is 17.8 Å². The number of hydrogen-bond donors (Lipinski definition) is 0. The second-order valence-corrected chi connectivity index (χ2v) is 4.18. The Balaban J connectivity index is 1.80. The predicted molar refractivity (Wildman–Crippen MR) is 71.6 cm³/mol. The second-order valence-electron chi connectivity index (χ2n) is 4.18. The van der Waals surface area contributed by atoms with Crippen LogP contribution in [0.15, 0.2) is 67.0 Å². The van der Waals surface area contributed by atoms with E-state index in [1.165, 1.54) is 11.1 Å². The van der Waals surface area contributed by atoms with Crippen LogP contribution in [0.3, 0.4) is 0 Å². The van der Waals surface area contributed by atoms with Crippen molar-refractivity contribution in [2.75, 3.05) is 0 Å². The molecule has 0 unspecified atom stereocenters. The maximum Gasteiger partial charge on any atom is 0.0645 e. The van der Waals surface area contributed by atoms with Crippen LogP contribution in [0.25, 0.3) is 5.69 Å². The number of hydrogen-bond acceptors (Lipinski definition) is 1. The highest BCUT2D eigenvalue weighted by Gasteiger charge is 1.98. The van der Waals surface area contributed by atoms with E-state index in [1.807, 2.05) is 35.1 Å². The van der Waals surface area contributed by atoms with Crippen molar-refractivity contribution >= 4 is 0 Å². The van der Waals surface area contributed by atoms with Gasteiger partial charge in [0, 0.05) is 12.4 Å². The lowest BCUT2D eigenvalue weighted by Gasteiger charge is -2.04. The van der Waals surface area contributed by atoms with Gasteiger partial charge in [-0.1, -0.05) is 36.4 Å². The molecule has 1 radical (unpaired) electrons. The Bertz CT molecular complexity index is 595. The van der Waals surface area contributed by atoms with Crippen LogP contribution in [0.4, 0.5) is 0 Å². The van der Waals surface area contributed by atoms with E-state index in [1.54, 1.807) is 6.20 Å². The van der Waals surface area contributed by atoms with Gasteiger partial charge in [0.05, 0.1) is 5.69 Å². The van der Waals surface area contributed by atoms with Crippen molar-refractivity contribution in [3.63, 3.8) is 0 Å². The molecule has 1 aromatic heterocycles. The summed E-state index contributed by atoms with van der Waals surface area (Å²) in [6.45, 7) is 0. The van der Waals surface area contributed by atoms with E-state index in [-0.39, 0.29) is 0 Å². The summed E-state index contributed by atoms with van der Waals surface area (Å²) >= 11 is 0. The summed E-state index contributed by atoms with van der Waals surface area (Å²) in [5, 5.41) is 4.21. The van der Waals surface area contributed by atoms with Crippen LogP contribution in [0.2, 0.25) is 0 Å². The first kappa shape index (κ1) is 10.8. The van der Waals surface area contributed by atoms with Crippen LogP contribution in [0.1, 0.15) is 11.1 Å². The molecule has 87 valence electrons. The summed E-state index contributed by atoms with van der Waals surface area (Å²) in [6, 6.07) is 21.7. The lowest BCUT2D eigenvalue weighted by Crippen LogP contribution is -1.94. The molecule has 0 amide bonds. The zero-order chi connectivity index (χ0) is 12.2. The molecule has 0 atom stereocenters. The zero-order valence-electron chi connectivity index (χ0n) is 9.95. The van der Waals surface area contributed by atoms with Crippen LogP contribution < -0.4 is 0 Å². The Morgan fingerprint density at radius 1 is 1.00 bits per heavy atom. The first-order valence-electron chi connectivity index (χ1n) is 5.96. The van der Waals surface area contributed by atoms with Crippen molar-refractivity contribution in [2.45, 2.75) is 6.42 Å². The van der Waals surface area contributed by atoms with Crippen LogP contribution in [0, 0.1) is 6.07 Å². The Morgan fingerprint density at radius 2 is 1.89 bits per heavy atom. The third-order valence-corrected chi connectivity index (χ3v) is 2.87. The molecule has 0 spiro atoms. The predicted octanol–water partition coefficient (Wildman–Crippen LogP) is 3.26. The van der Waals surface area contributed by atoms with Gasteiger partial charge in [-0.15, -0.1) is 0 Å². The Labute approximate surface area is 107 Å². The van der Waals surface area contributed by atoms with Gasteiger partial charge in [-0.05, 0) is 41.8 Å². The quantitative estimate of drug-likeness (QED) is 0.679. The molecular weight excluding hydrogens is 220 g/mol.